The van der Waals surface area contributed by atoms with Crippen LogP contribution >= 0.6 is 0 Å². The van der Waals surface area contributed by atoms with Gasteiger partial charge in [0.1, 0.15) is 23.0 Å². The number of hydrogen-bond acceptors (Lipinski definition) is 6. The minimum atomic E-state index is -0.465. The summed E-state index contributed by atoms with van der Waals surface area (Å²) in [6, 6.07) is 26.6. The summed E-state index contributed by atoms with van der Waals surface area (Å²) in [6.07, 6.45) is 10.9. The molecule has 0 spiro atoms. The zero-order chi connectivity index (χ0) is 32.6. The van der Waals surface area contributed by atoms with Gasteiger partial charge < -0.3 is 18.9 Å². The van der Waals surface area contributed by atoms with Crippen molar-refractivity contribution in [2.24, 2.45) is 0 Å². The molecule has 0 radical (unpaired) electrons. The Kier molecular flexibility index (Phi) is 13.5. The summed E-state index contributed by atoms with van der Waals surface area (Å²) < 4.78 is 22.7. The summed E-state index contributed by atoms with van der Waals surface area (Å²) in [5, 5.41) is 0. The average Bonchev–Trinajstić information content (AvgIpc) is 3.09. The zero-order valence-corrected chi connectivity index (χ0v) is 27.0. The molecule has 0 aliphatic carbocycles. The fraction of sp³-hybridized carbons (Fsp3) is 0.300. The second-order valence-corrected chi connectivity index (χ2v) is 11.1. The molecular weight excluding hydrogens is 576 g/mol. The summed E-state index contributed by atoms with van der Waals surface area (Å²) >= 11 is 0. The second-order valence-electron chi connectivity index (χ2n) is 11.1. The van der Waals surface area contributed by atoms with Gasteiger partial charge in [0.2, 0.25) is 0 Å². The normalized spacial score (nSPS) is 10.7. The van der Waals surface area contributed by atoms with E-state index in [4.69, 9.17) is 18.9 Å². The number of unbranched alkanes of at least 4 members (excludes halogenated alkanes) is 6. The maximum absolute atomic E-state index is 12.9. The lowest BCUT2D eigenvalue weighted by Crippen LogP contribution is -2.09. The van der Waals surface area contributed by atoms with E-state index >= 15 is 0 Å². The smallest absolute Gasteiger partial charge is 0.343 e. The first kappa shape index (κ1) is 34.0. The third-order valence-electron chi connectivity index (χ3n) is 7.54. The Morgan fingerprint density at radius 3 is 1.50 bits per heavy atom. The van der Waals surface area contributed by atoms with Crippen LogP contribution in [0.25, 0.3) is 17.2 Å². The van der Waals surface area contributed by atoms with E-state index in [1.165, 1.54) is 25.7 Å². The molecule has 4 aromatic rings. The van der Waals surface area contributed by atoms with Crippen LogP contribution in [0.5, 0.6) is 23.0 Å². The summed E-state index contributed by atoms with van der Waals surface area (Å²) in [7, 11) is 0. The zero-order valence-electron chi connectivity index (χ0n) is 27.0. The van der Waals surface area contributed by atoms with Gasteiger partial charge in [0.25, 0.3) is 0 Å². The van der Waals surface area contributed by atoms with Gasteiger partial charge in [-0.3, -0.25) is 0 Å². The van der Waals surface area contributed by atoms with E-state index in [9.17, 15) is 9.59 Å². The van der Waals surface area contributed by atoms with Crippen LogP contribution in [0.4, 0.5) is 0 Å². The Labute approximate surface area is 273 Å². The highest BCUT2D eigenvalue weighted by Crippen LogP contribution is 2.28. The number of carbonyl (C=O) groups is 2. The number of esters is 2. The van der Waals surface area contributed by atoms with Gasteiger partial charge in [-0.05, 0) is 102 Å². The standard InChI is InChI=1S/C40H44O6/c1-4-7-9-11-27-43-34-18-22-36(23-19-34)45-39(41)32-15-13-31(14-16-32)38-26-17-33(29-30(38)6-3)40(42)46-37-24-20-35(21-25-37)44-28-12-10-8-5-2/h6,13-26,29H,3-5,7-12,27-28H2,1-2H3. The fourth-order valence-electron chi connectivity index (χ4n) is 4.88. The number of hydrogen-bond donors (Lipinski definition) is 0. The van der Waals surface area contributed by atoms with Gasteiger partial charge in [-0.15, -0.1) is 0 Å². The first-order valence-corrected chi connectivity index (χ1v) is 16.3. The summed E-state index contributed by atoms with van der Waals surface area (Å²) in [5.74, 6) is 1.48. The molecule has 240 valence electrons. The molecule has 46 heavy (non-hydrogen) atoms. The Morgan fingerprint density at radius 1 is 0.565 bits per heavy atom. The van der Waals surface area contributed by atoms with Crippen LogP contribution in [-0.2, 0) is 0 Å². The molecule has 0 fully saturated rings. The SMILES string of the molecule is C=Cc1cc(C(=O)Oc2ccc(OCCCCCC)cc2)ccc1-c1ccc(C(=O)Oc2ccc(OCCCCCC)cc2)cc1. The molecule has 0 bridgehead atoms. The van der Waals surface area contributed by atoms with E-state index in [0.29, 0.717) is 35.8 Å². The van der Waals surface area contributed by atoms with E-state index in [0.717, 1.165) is 53.9 Å². The molecule has 0 aliphatic heterocycles. The van der Waals surface area contributed by atoms with Crippen LogP contribution < -0.4 is 18.9 Å². The molecular formula is C40H44O6. The highest BCUT2D eigenvalue weighted by Gasteiger charge is 2.14. The summed E-state index contributed by atoms with van der Waals surface area (Å²) in [5.41, 5.74) is 3.34. The highest BCUT2D eigenvalue weighted by atomic mass is 16.5. The quantitative estimate of drug-likeness (QED) is 0.0626. The van der Waals surface area contributed by atoms with E-state index in [2.05, 4.69) is 20.4 Å². The largest absolute Gasteiger partial charge is 0.494 e. The van der Waals surface area contributed by atoms with Gasteiger partial charge in [-0.2, -0.15) is 0 Å². The average molecular weight is 621 g/mol. The van der Waals surface area contributed by atoms with Crippen molar-refractivity contribution < 1.29 is 28.5 Å². The lowest BCUT2D eigenvalue weighted by Gasteiger charge is -2.11. The highest BCUT2D eigenvalue weighted by molar-refractivity contribution is 5.94. The summed E-state index contributed by atoms with van der Waals surface area (Å²) in [4.78, 5) is 25.7. The second kappa shape index (κ2) is 18.2. The third-order valence-corrected chi connectivity index (χ3v) is 7.54. The van der Waals surface area contributed by atoms with Crippen LogP contribution in [0.3, 0.4) is 0 Å². The third kappa shape index (κ3) is 10.4. The Hall–Kier alpha value is -4.84. The predicted octanol–water partition coefficient (Wildman–Crippen LogP) is 10.4. The number of benzene rings is 4. The maximum Gasteiger partial charge on any atom is 0.343 e. The van der Waals surface area contributed by atoms with Gasteiger partial charge >= 0.3 is 11.9 Å². The van der Waals surface area contributed by atoms with Crippen molar-refractivity contribution >= 4 is 18.0 Å². The minimum absolute atomic E-state index is 0.406. The van der Waals surface area contributed by atoms with Crippen molar-refractivity contribution in [1.82, 2.24) is 0 Å². The molecule has 6 heteroatoms. The summed E-state index contributed by atoms with van der Waals surface area (Å²) in [6.45, 7) is 9.64. The predicted molar refractivity (Wildman–Crippen MR) is 184 cm³/mol. The molecule has 0 amide bonds. The topological polar surface area (TPSA) is 71.1 Å². The lowest BCUT2D eigenvalue weighted by atomic mass is 9.96. The Bertz CT molecular complexity index is 1540. The van der Waals surface area contributed by atoms with Crippen molar-refractivity contribution in [3.8, 4) is 34.1 Å². The Balaban J connectivity index is 1.31. The first-order valence-electron chi connectivity index (χ1n) is 16.3. The van der Waals surface area contributed by atoms with E-state index in [1.807, 2.05) is 42.5 Å². The lowest BCUT2D eigenvalue weighted by molar-refractivity contribution is 0.0725. The van der Waals surface area contributed by atoms with E-state index in [-0.39, 0.29) is 0 Å². The molecule has 0 atom stereocenters. The van der Waals surface area contributed by atoms with Crippen molar-refractivity contribution in [3.05, 3.63) is 114 Å². The van der Waals surface area contributed by atoms with Gasteiger partial charge in [0.05, 0.1) is 24.3 Å². The van der Waals surface area contributed by atoms with Crippen LogP contribution in [-0.4, -0.2) is 25.2 Å². The monoisotopic (exact) mass is 620 g/mol. The van der Waals surface area contributed by atoms with E-state index in [1.54, 1.807) is 54.6 Å². The molecule has 4 rings (SSSR count). The van der Waals surface area contributed by atoms with Gasteiger partial charge in [-0.25, -0.2) is 9.59 Å². The number of ether oxygens (including phenoxy) is 4. The fourth-order valence-corrected chi connectivity index (χ4v) is 4.88. The molecule has 0 aliphatic rings. The van der Waals surface area contributed by atoms with Crippen LogP contribution in [0.2, 0.25) is 0 Å². The van der Waals surface area contributed by atoms with E-state index < -0.39 is 11.9 Å². The molecule has 0 aromatic heterocycles. The first-order chi connectivity index (χ1) is 22.5. The minimum Gasteiger partial charge on any atom is -0.494 e. The molecule has 0 saturated carbocycles. The van der Waals surface area contributed by atoms with Crippen LogP contribution in [0, 0.1) is 0 Å². The van der Waals surface area contributed by atoms with Crippen molar-refractivity contribution in [2.75, 3.05) is 13.2 Å². The van der Waals surface area contributed by atoms with Crippen molar-refractivity contribution in [1.29, 1.82) is 0 Å². The van der Waals surface area contributed by atoms with Gasteiger partial charge in [0.15, 0.2) is 0 Å². The molecule has 0 heterocycles. The van der Waals surface area contributed by atoms with Crippen LogP contribution in [0.15, 0.2) is 97.6 Å². The molecule has 4 aromatic carbocycles. The molecule has 0 N–H and O–H groups in total. The van der Waals surface area contributed by atoms with Gasteiger partial charge in [0, 0.05) is 0 Å². The number of rotatable bonds is 18. The molecule has 0 unspecified atom stereocenters. The van der Waals surface area contributed by atoms with Crippen molar-refractivity contribution in [3.63, 3.8) is 0 Å². The van der Waals surface area contributed by atoms with Gasteiger partial charge in [-0.1, -0.05) is 83.2 Å². The van der Waals surface area contributed by atoms with Crippen LogP contribution in [0.1, 0.15) is 91.5 Å². The maximum atomic E-state index is 12.9. The Morgan fingerprint density at radius 2 is 1.02 bits per heavy atom. The van der Waals surface area contributed by atoms with Crippen molar-refractivity contribution in [2.45, 2.75) is 65.2 Å². The number of carbonyl (C=O) groups excluding carboxylic acids is 2. The molecule has 0 saturated heterocycles. The molecule has 6 nitrogen and oxygen atoms in total.